The van der Waals surface area contributed by atoms with Gasteiger partial charge in [0, 0.05) is 6.08 Å². The summed E-state index contributed by atoms with van der Waals surface area (Å²) < 4.78 is 46.5. The summed E-state index contributed by atoms with van der Waals surface area (Å²) in [5, 5.41) is 0. The van der Waals surface area contributed by atoms with Crippen LogP contribution in [0.1, 0.15) is 23.1 Å². The largest absolute Gasteiger partial charge is 0.493 e. The molecule has 1 aliphatic rings. The highest BCUT2D eigenvalue weighted by atomic mass is 32.2. The Bertz CT molecular complexity index is 1050. The first-order valence-electron chi connectivity index (χ1n) is 8.96. The van der Waals surface area contributed by atoms with Gasteiger partial charge in [-0.2, -0.15) is 8.42 Å². The minimum absolute atomic E-state index is 0.0175. The predicted octanol–water partition coefficient (Wildman–Crippen LogP) is 3.15. The number of esters is 1. The number of benzene rings is 2. The quantitative estimate of drug-likeness (QED) is 0.388. The number of hydrogen-bond acceptors (Lipinski definition) is 7. The van der Waals surface area contributed by atoms with Crippen molar-refractivity contribution in [2.45, 2.75) is 24.2 Å². The highest BCUT2D eigenvalue weighted by molar-refractivity contribution is 7.87. The molecule has 0 saturated carbocycles. The van der Waals surface area contributed by atoms with Crippen LogP contribution in [0.2, 0.25) is 0 Å². The monoisotopic (exact) mass is 418 g/mol. The molecule has 0 heterocycles. The van der Waals surface area contributed by atoms with Crippen LogP contribution in [0, 0.1) is 0 Å². The Morgan fingerprint density at radius 2 is 1.76 bits per heavy atom. The molecule has 0 spiro atoms. The third kappa shape index (κ3) is 4.54. The second-order valence-corrected chi connectivity index (χ2v) is 7.95. The van der Waals surface area contributed by atoms with E-state index in [1.807, 2.05) is 6.07 Å². The van der Waals surface area contributed by atoms with Crippen LogP contribution >= 0.6 is 0 Å². The van der Waals surface area contributed by atoms with E-state index in [1.165, 1.54) is 45.1 Å². The third-order valence-electron chi connectivity index (χ3n) is 4.63. The lowest BCUT2D eigenvalue weighted by molar-refractivity contribution is -0.134. The van der Waals surface area contributed by atoms with Crippen LogP contribution in [0.4, 0.5) is 0 Å². The zero-order valence-corrected chi connectivity index (χ0v) is 17.2. The summed E-state index contributed by atoms with van der Waals surface area (Å²) in [7, 11) is -0.240. The fourth-order valence-electron chi connectivity index (χ4n) is 3.24. The predicted molar refractivity (Wildman–Crippen MR) is 107 cm³/mol. The van der Waals surface area contributed by atoms with Gasteiger partial charge in [0.1, 0.15) is 5.75 Å². The molecule has 0 unspecified atom stereocenters. The summed E-state index contributed by atoms with van der Waals surface area (Å²) in [4.78, 5) is 11.2. The van der Waals surface area contributed by atoms with Crippen molar-refractivity contribution in [2.24, 2.45) is 0 Å². The first kappa shape index (κ1) is 20.7. The molecular weight excluding hydrogens is 396 g/mol. The highest BCUT2D eigenvalue weighted by Gasteiger charge is 2.26. The van der Waals surface area contributed by atoms with E-state index < -0.39 is 16.1 Å². The number of hydrogen-bond donors (Lipinski definition) is 0. The maximum Gasteiger partial charge on any atom is 0.343 e. The van der Waals surface area contributed by atoms with Gasteiger partial charge >= 0.3 is 16.1 Å². The third-order valence-corrected chi connectivity index (χ3v) is 5.88. The Kier molecular flexibility index (Phi) is 6.12. The molecule has 2 aromatic carbocycles. The van der Waals surface area contributed by atoms with Gasteiger partial charge in [-0.1, -0.05) is 6.07 Å². The minimum Gasteiger partial charge on any atom is -0.493 e. The number of carbonyl (C=O) groups is 1. The Balaban J connectivity index is 2.02. The molecular formula is C21H22O7S. The van der Waals surface area contributed by atoms with Gasteiger partial charge in [-0.25, -0.2) is 4.79 Å². The van der Waals surface area contributed by atoms with Gasteiger partial charge in [0.2, 0.25) is 0 Å². The fourth-order valence-corrected chi connectivity index (χ4v) is 4.37. The molecule has 8 heteroatoms. The van der Waals surface area contributed by atoms with E-state index in [4.69, 9.17) is 13.7 Å². The second kappa shape index (κ2) is 8.57. The van der Waals surface area contributed by atoms with Gasteiger partial charge in [-0.05, 0) is 66.3 Å². The van der Waals surface area contributed by atoms with Gasteiger partial charge in [0.05, 0.1) is 21.3 Å². The fraction of sp³-hybridized carbons (Fsp3) is 0.286. The van der Waals surface area contributed by atoms with E-state index in [0.29, 0.717) is 5.56 Å². The summed E-state index contributed by atoms with van der Waals surface area (Å²) >= 11 is 0. The molecule has 0 fully saturated rings. The SMILES string of the molecule is COC(=O)/C=C/c1cc(OC)c(OC)c(S(=O)(=O)Oc2ccc3c(c2)CCC3)c1. The van der Waals surface area contributed by atoms with Gasteiger partial charge in [-0.15, -0.1) is 0 Å². The van der Waals surface area contributed by atoms with Crippen LogP contribution in [0.3, 0.4) is 0 Å². The lowest BCUT2D eigenvalue weighted by Crippen LogP contribution is -2.12. The number of aryl methyl sites for hydroxylation is 2. The van der Waals surface area contributed by atoms with Crippen molar-refractivity contribution in [3.63, 3.8) is 0 Å². The van der Waals surface area contributed by atoms with Crippen molar-refractivity contribution in [3.05, 3.63) is 53.1 Å². The van der Waals surface area contributed by atoms with Crippen LogP contribution in [0.5, 0.6) is 17.2 Å². The van der Waals surface area contributed by atoms with E-state index in [2.05, 4.69) is 4.74 Å². The maximum absolute atomic E-state index is 13.0. The maximum atomic E-state index is 13.0. The molecule has 0 radical (unpaired) electrons. The molecule has 29 heavy (non-hydrogen) atoms. The molecule has 0 amide bonds. The normalized spacial score (nSPS) is 13.2. The smallest absolute Gasteiger partial charge is 0.343 e. The number of ether oxygens (including phenoxy) is 3. The molecule has 154 valence electrons. The average molecular weight is 418 g/mol. The van der Waals surface area contributed by atoms with Gasteiger partial charge < -0.3 is 18.4 Å². The van der Waals surface area contributed by atoms with Crippen molar-refractivity contribution in [2.75, 3.05) is 21.3 Å². The van der Waals surface area contributed by atoms with Gasteiger partial charge in [0.15, 0.2) is 16.4 Å². The Morgan fingerprint density at radius 3 is 2.45 bits per heavy atom. The van der Waals surface area contributed by atoms with Crippen molar-refractivity contribution in [1.29, 1.82) is 0 Å². The van der Waals surface area contributed by atoms with Crippen LogP contribution in [0.25, 0.3) is 6.08 Å². The molecule has 1 aliphatic carbocycles. The first-order valence-corrected chi connectivity index (χ1v) is 10.4. The number of rotatable bonds is 7. The van der Waals surface area contributed by atoms with E-state index in [0.717, 1.165) is 24.8 Å². The Hall–Kier alpha value is -3.00. The molecule has 3 rings (SSSR count). The van der Waals surface area contributed by atoms with E-state index >= 15 is 0 Å². The molecule has 0 atom stereocenters. The molecule has 0 aromatic heterocycles. The van der Waals surface area contributed by atoms with Crippen molar-refractivity contribution >= 4 is 22.2 Å². The average Bonchev–Trinajstić information content (AvgIpc) is 3.18. The Labute approximate surface area is 170 Å². The van der Waals surface area contributed by atoms with Crippen LogP contribution in [0.15, 0.2) is 41.3 Å². The van der Waals surface area contributed by atoms with Crippen molar-refractivity contribution < 1.29 is 31.6 Å². The molecule has 2 aromatic rings. The summed E-state index contributed by atoms with van der Waals surface area (Å²) in [6.45, 7) is 0. The highest BCUT2D eigenvalue weighted by Crippen LogP contribution is 2.37. The lowest BCUT2D eigenvalue weighted by atomic mass is 10.1. The first-order chi connectivity index (χ1) is 13.9. The van der Waals surface area contributed by atoms with Gasteiger partial charge in [0.25, 0.3) is 0 Å². The summed E-state index contributed by atoms with van der Waals surface area (Å²) in [6, 6.07) is 8.19. The van der Waals surface area contributed by atoms with Crippen LogP contribution in [-0.4, -0.2) is 35.7 Å². The topological polar surface area (TPSA) is 88.1 Å². The number of carbonyl (C=O) groups excluding carboxylic acids is 1. The minimum atomic E-state index is -4.23. The van der Waals surface area contributed by atoms with Crippen LogP contribution in [-0.2, 0) is 32.5 Å². The second-order valence-electron chi connectivity index (χ2n) is 6.43. The number of fused-ring (bicyclic) bond motifs is 1. The summed E-state index contributed by atoms with van der Waals surface area (Å²) in [6.07, 6.45) is 5.53. The standard InChI is InChI=1S/C21H22O7S/c1-25-18-11-14(7-10-20(22)26-2)12-19(21(18)27-3)29(23,24)28-17-9-8-15-5-4-6-16(15)13-17/h7-13H,4-6H2,1-3H3/b10-7+. The van der Waals surface area contributed by atoms with Gasteiger partial charge in [-0.3, -0.25) is 0 Å². The Morgan fingerprint density at radius 1 is 1.00 bits per heavy atom. The van der Waals surface area contributed by atoms with E-state index in [-0.39, 0.29) is 22.1 Å². The summed E-state index contributed by atoms with van der Waals surface area (Å²) in [5.74, 6) is -0.125. The number of methoxy groups -OCH3 is 3. The molecule has 0 N–H and O–H groups in total. The molecule has 0 bridgehead atoms. The lowest BCUT2D eigenvalue weighted by Gasteiger charge is -2.15. The molecule has 0 aliphatic heterocycles. The zero-order chi connectivity index (χ0) is 21.0. The zero-order valence-electron chi connectivity index (χ0n) is 16.4. The van der Waals surface area contributed by atoms with E-state index in [9.17, 15) is 13.2 Å². The molecule has 0 saturated heterocycles. The van der Waals surface area contributed by atoms with Crippen molar-refractivity contribution in [1.82, 2.24) is 0 Å². The van der Waals surface area contributed by atoms with Crippen molar-refractivity contribution in [3.8, 4) is 17.2 Å². The summed E-state index contributed by atoms with van der Waals surface area (Å²) in [5.41, 5.74) is 2.71. The van der Waals surface area contributed by atoms with Crippen LogP contribution < -0.4 is 13.7 Å². The molecule has 7 nitrogen and oxygen atoms in total. The van der Waals surface area contributed by atoms with E-state index in [1.54, 1.807) is 18.2 Å².